The Balaban J connectivity index is 0.00000162. The van der Waals surface area contributed by atoms with E-state index < -0.39 is 0 Å². The van der Waals surface area contributed by atoms with Crippen LogP contribution in [0.4, 0.5) is 5.13 Å². The van der Waals surface area contributed by atoms with Crippen LogP contribution in [0.3, 0.4) is 0 Å². The first kappa shape index (κ1) is 15.5. The van der Waals surface area contributed by atoms with Crippen LogP contribution in [0, 0.1) is 0 Å². The van der Waals surface area contributed by atoms with Crippen molar-refractivity contribution in [1.82, 2.24) is 9.88 Å². The highest BCUT2D eigenvalue weighted by Crippen LogP contribution is 2.25. The molecular weight excluding hydrogens is 361 g/mol. The summed E-state index contributed by atoms with van der Waals surface area (Å²) in [6.07, 6.45) is 2.46. The summed E-state index contributed by atoms with van der Waals surface area (Å²) < 4.78 is 0. The summed E-state index contributed by atoms with van der Waals surface area (Å²) in [5, 5.41) is 3.03. The zero-order valence-electron chi connectivity index (χ0n) is 11.0. The van der Waals surface area contributed by atoms with Crippen molar-refractivity contribution in [3.63, 3.8) is 0 Å². The summed E-state index contributed by atoms with van der Waals surface area (Å²) >= 11 is 1.63. The second-order valence-corrected chi connectivity index (χ2v) is 5.37. The molecule has 0 radical (unpaired) electrons. The number of aromatic nitrogens is 1. The highest BCUT2D eigenvalue weighted by Gasteiger charge is 2.27. The van der Waals surface area contributed by atoms with Gasteiger partial charge in [0.05, 0.1) is 12.2 Å². The Morgan fingerprint density at radius 3 is 2.67 bits per heavy atom. The van der Waals surface area contributed by atoms with Crippen LogP contribution in [0.15, 0.2) is 10.4 Å². The van der Waals surface area contributed by atoms with E-state index in [9.17, 15) is 0 Å². The van der Waals surface area contributed by atoms with Crippen molar-refractivity contribution in [2.75, 3.05) is 26.0 Å². The number of nitrogens with two attached hydrogens (primary N) is 1. The van der Waals surface area contributed by atoms with Gasteiger partial charge in [0.15, 0.2) is 11.1 Å². The standard InChI is InChI=1S/C11H19N5S.HI/c1-15(2)11-14-8(7-17-11)6-13-10(12)16(3)9-4-5-9;/h7,9H,4-6H2,1-3H3,(H2,12,13);1H. The fourth-order valence-corrected chi connectivity index (χ4v) is 2.25. The number of thiazole rings is 1. The zero-order valence-corrected chi connectivity index (χ0v) is 14.1. The van der Waals surface area contributed by atoms with Crippen LogP contribution < -0.4 is 10.6 Å². The van der Waals surface area contributed by atoms with Gasteiger partial charge in [-0.15, -0.1) is 35.3 Å². The molecule has 1 saturated carbocycles. The molecule has 0 bridgehead atoms. The number of aliphatic imine (C=N–C) groups is 1. The van der Waals surface area contributed by atoms with Gasteiger partial charge in [0.1, 0.15) is 0 Å². The Morgan fingerprint density at radius 1 is 1.50 bits per heavy atom. The first-order valence-electron chi connectivity index (χ1n) is 5.72. The fourth-order valence-electron chi connectivity index (χ4n) is 1.50. The highest BCUT2D eigenvalue weighted by atomic mass is 127. The van der Waals surface area contributed by atoms with E-state index in [0.29, 0.717) is 18.5 Å². The minimum absolute atomic E-state index is 0. The van der Waals surface area contributed by atoms with E-state index in [1.165, 1.54) is 12.8 Å². The molecule has 5 nitrogen and oxygen atoms in total. The van der Waals surface area contributed by atoms with Gasteiger partial charge in [0.25, 0.3) is 0 Å². The monoisotopic (exact) mass is 381 g/mol. The van der Waals surface area contributed by atoms with Gasteiger partial charge in [-0.3, -0.25) is 0 Å². The molecule has 1 aromatic heterocycles. The highest BCUT2D eigenvalue weighted by molar-refractivity contribution is 14.0. The zero-order chi connectivity index (χ0) is 12.4. The van der Waals surface area contributed by atoms with Gasteiger partial charge < -0.3 is 15.5 Å². The summed E-state index contributed by atoms with van der Waals surface area (Å²) in [5.41, 5.74) is 6.89. The second kappa shape index (κ2) is 6.55. The molecule has 1 aromatic rings. The van der Waals surface area contributed by atoms with Crippen LogP contribution in [-0.4, -0.2) is 43.0 Å². The van der Waals surface area contributed by atoms with E-state index in [0.717, 1.165) is 10.8 Å². The van der Waals surface area contributed by atoms with Crippen LogP contribution >= 0.6 is 35.3 Å². The van der Waals surface area contributed by atoms with Crippen LogP contribution in [0.5, 0.6) is 0 Å². The Labute approximate surface area is 129 Å². The van der Waals surface area contributed by atoms with Crippen molar-refractivity contribution in [1.29, 1.82) is 0 Å². The SMILES string of the molecule is CN(C)c1nc(CN=C(N)N(C)C2CC2)cs1.I. The Hall–Kier alpha value is -0.570. The Morgan fingerprint density at radius 2 is 2.17 bits per heavy atom. The van der Waals surface area contributed by atoms with Crippen LogP contribution in [0.1, 0.15) is 18.5 Å². The van der Waals surface area contributed by atoms with Crippen LogP contribution in [0.2, 0.25) is 0 Å². The topological polar surface area (TPSA) is 57.8 Å². The average Bonchev–Trinajstić information content (AvgIpc) is 3.03. The molecule has 0 spiro atoms. The largest absolute Gasteiger partial charge is 0.370 e. The molecule has 0 amide bonds. The predicted molar refractivity (Wildman–Crippen MR) is 88.0 cm³/mol. The quantitative estimate of drug-likeness (QED) is 0.491. The fraction of sp³-hybridized carbons (Fsp3) is 0.636. The molecule has 1 aliphatic carbocycles. The van der Waals surface area contributed by atoms with E-state index in [-0.39, 0.29) is 24.0 Å². The number of guanidine groups is 1. The number of hydrogen-bond acceptors (Lipinski definition) is 4. The number of halogens is 1. The minimum atomic E-state index is 0. The lowest BCUT2D eigenvalue weighted by atomic mass is 10.5. The molecule has 2 rings (SSSR count). The first-order valence-corrected chi connectivity index (χ1v) is 6.60. The Bertz CT molecular complexity index is 413. The molecule has 7 heteroatoms. The molecule has 102 valence electrons. The first-order chi connectivity index (χ1) is 8.08. The second-order valence-electron chi connectivity index (χ2n) is 4.53. The molecule has 18 heavy (non-hydrogen) atoms. The van der Waals surface area contributed by atoms with Crippen molar-refractivity contribution in [2.24, 2.45) is 10.7 Å². The van der Waals surface area contributed by atoms with Crippen LogP contribution in [0.25, 0.3) is 0 Å². The Kier molecular flexibility index (Phi) is 5.64. The molecule has 2 N–H and O–H groups in total. The molecule has 1 fully saturated rings. The van der Waals surface area contributed by atoms with E-state index in [1.54, 1.807) is 11.3 Å². The number of rotatable bonds is 4. The van der Waals surface area contributed by atoms with Gasteiger partial charge in [-0.05, 0) is 12.8 Å². The number of nitrogens with zero attached hydrogens (tertiary/aromatic N) is 4. The van der Waals surface area contributed by atoms with Crippen molar-refractivity contribution < 1.29 is 0 Å². The molecule has 0 aliphatic heterocycles. The van der Waals surface area contributed by atoms with E-state index in [4.69, 9.17) is 5.73 Å². The molecular formula is C11H20IN5S. The molecule has 0 aromatic carbocycles. The van der Waals surface area contributed by atoms with Gasteiger partial charge in [-0.2, -0.15) is 0 Å². The van der Waals surface area contributed by atoms with E-state index in [1.807, 2.05) is 31.4 Å². The maximum Gasteiger partial charge on any atom is 0.191 e. The lowest BCUT2D eigenvalue weighted by molar-refractivity contribution is 0.487. The van der Waals surface area contributed by atoms with Crippen molar-refractivity contribution in [3.8, 4) is 0 Å². The lowest BCUT2D eigenvalue weighted by Gasteiger charge is -2.16. The summed E-state index contributed by atoms with van der Waals surface area (Å²) in [4.78, 5) is 12.9. The third-order valence-electron chi connectivity index (χ3n) is 2.78. The van der Waals surface area contributed by atoms with Crippen molar-refractivity contribution >= 4 is 46.4 Å². The predicted octanol–water partition coefficient (Wildman–Crippen LogP) is 1.74. The smallest absolute Gasteiger partial charge is 0.191 e. The summed E-state index contributed by atoms with van der Waals surface area (Å²) in [7, 11) is 5.98. The minimum Gasteiger partial charge on any atom is -0.370 e. The van der Waals surface area contributed by atoms with Gasteiger partial charge >= 0.3 is 0 Å². The van der Waals surface area contributed by atoms with E-state index in [2.05, 4.69) is 14.9 Å². The normalized spacial score (nSPS) is 15.2. The third kappa shape index (κ3) is 3.98. The molecule has 0 unspecified atom stereocenters. The maximum atomic E-state index is 5.91. The van der Waals surface area contributed by atoms with E-state index >= 15 is 0 Å². The summed E-state index contributed by atoms with van der Waals surface area (Å²) in [6, 6.07) is 0.603. The summed E-state index contributed by atoms with van der Waals surface area (Å²) in [5.74, 6) is 0.618. The van der Waals surface area contributed by atoms with Gasteiger partial charge in [-0.1, -0.05) is 0 Å². The average molecular weight is 381 g/mol. The molecule has 0 atom stereocenters. The molecule has 1 aliphatic rings. The molecule has 1 heterocycles. The van der Waals surface area contributed by atoms with Crippen LogP contribution in [-0.2, 0) is 6.54 Å². The number of hydrogen-bond donors (Lipinski definition) is 1. The van der Waals surface area contributed by atoms with Gasteiger partial charge in [0, 0.05) is 32.6 Å². The van der Waals surface area contributed by atoms with Gasteiger partial charge in [0.2, 0.25) is 0 Å². The molecule has 0 saturated heterocycles. The van der Waals surface area contributed by atoms with Crippen molar-refractivity contribution in [3.05, 3.63) is 11.1 Å². The summed E-state index contributed by atoms with van der Waals surface area (Å²) in [6.45, 7) is 0.563. The van der Waals surface area contributed by atoms with Gasteiger partial charge in [-0.25, -0.2) is 9.98 Å². The van der Waals surface area contributed by atoms with Crippen molar-refractivity contribution in [2.45, 2.75) is 25.4 Å². The maximum absolute atomic E-state index is 5.91. The third-order valence-corrected chi connectivity index (χ3v) is 3.84. The number of anilines is 1. The lowest BCUT2D eigenvalue weighted by Crippen LogP contribution is -2.35.